The van der Waals surface area contributed by atoms with Crippen molar-refractivity contribution in [3.8, 4) is 0 Å². The summed E-state index contributed by atoms with van der Waals surface area (Å²) in [6.45, 7) is 0.439. The summed E-state index contributed by atoms with van der Waals surface area (Å²) in [6, 6.07) is 4.09. The molecule has 1 amide bonds. The monoisotopic (exact) mass is 243 g/mol. The van der Waals surface area contributed by atoms with Gasteiger partial charge in [-0.3, -0.25) is 4.79 Å². The van der Waals surface area contributed by atoms with Crippen molar-refractivity contribution < 1.29 is 14.3 Å². The van der Waals surface area contributed by atoms with Crippen LogP contribution in [0.4, 0.5) is 4.39 Å². The minimum Gasteiger partial charge on any atom is -0.388 e. The van der Waals surface area contributed by atoms with Gasteiger partial charge in [0.15, 0.2) is 0 Å². The second kappa shape index (κ2) is 4.39. The summed E-state index contributed by atoms with van der Waals surface area (Å²) in [6.07, 6.45) is -0.507. The number of nitrogens with one attached hydrogen (secondary N) is 1. The zero-order valence-electron chi connectivity index (χ0n) is 8.41. The molecule has 0 saturated carbocycles. The number of aliphatic hydroxyl groups is 1. The van der Waals surface area contributed by atoms with Gasteiger partial charge in [0.25, 0.3) is 0 Å². The minimum atomic E-state index is -0.794. The van der Waals surface area contributed by atoms with Crippen LogP contribution in [0.15, 0.2) is 18.2 Å². The molecule has 5 heteroatoms. The highest BCUT2D eigenvalue weighted by atomic mass is 35.5. The first-order valence-electron chi connectivity index (χ1n) is 4.97. The standard InChI is InChI=1S/C11H11ClFNO2/c12-8-3-6(1-2-9(8)13)11(16)7-4-10(15)14-5-7/h1-3,7,11,16H,4-5H2,(H,14,15). The van der Waals surface area contributed by atoms with Crippen LogP contribution in [0.2, 0.25) is 5.02 Å². The molecule has 1 fully saturated rings. The maximum Gasteiger partial charge on any atom is 0.220 e. The molecule has 2 unspecified atom stereocenters. The van der Waals surface area contributed by atoms with Gasteiger partial charge in [-0.15, -0.1) is 0 Å². The maximum absolute atomic E-state index is 12.9. The molecule has 86 valence electrons. The largest absolute Gasteiger partial charge is 0.388 e. The molecule has 2 atom stereocenters. The minimum absolute atomic E-state index is 0.0196. The second-order valence-corrected chi connectivity index (χ2v) is 4.29. The Bertz CT molecular complexity index is 424. The van der Waals surface area contributed by atoms with Crippen LogP contribution in [-0.4, -0.2) is 17.6 Å². The number of carbonyl (C=O) groups is 1. The van der Waals surface area contributed by atoms with E-state index in [1.807, 2.05) is 0 Å². The number of rotatable bonds is 2. The molecule has 16 heavy (non-hydrogen) atoms. The smallest absolute Gasteiger partial charge is 0.220 e. The second-order valence-electron chi connectivity index (χ2n) is 3.89. The third kappa shape index (κ3) is 2.18. The lowest BCUT2D eigenvalue weighted by Crippen LogP contribution is -2.17. The predicted octanol–water partition coefficient (Wildman–Crippen LogP) is 1.65. The van der Waals surface area contributed by atoms with Crippen molar-refractivity contribution >= 4 is 17.5 Å². The topological polar surface area (TPSA) is 49.3 Å². The molecule has 1 aliphatic heterocycles. The third-order valence-electron chi connectivity index (χ3n) is 2.74. The van der Waals surface area contributed by atoms with Gasteiger partial charge in [0.2, 0.25) is 5.91 Å². The molecular formula is C11H11ClFNO2. The molecule has 1 heterocycles. The highest BCUT2D eigenvalue weighted by Gasteiger charge is 2.29. The molecule has 0 aliphatic carbocycles. The lowest BCUT2D eigenvalue weighted by atomic mass is 9.95. The highest BCUT2D eigenvalue weighted by Crippen LogP contribution is 2.29. The molecule has 1 aliphatic rings. The van der Waals surface area contributed by atoms with Gasteiger partial charge >= 0.3 is 0 Å². The fourth-order valence-corrected chi connectivity index (χ4v) is 2.01. The van der Waals surface area contributed by atoms with Gasteiger partial charge in [0, 0.05) is 18.9 Å². The van der Waals surface area contributed by atoms with E-state index in [2.05, 4.69) is 5.32 Å². The van der Waals surface area contributed by atoms with Crippen molar-refractivity contribution in [1.29, 1.82) is 0 Å². The van der Waals surface area contributed by atoms with Gasteiger partial charge in [-0.05, 0) is 17.7 Å². The Hall–Kier alpha value is -1.13. The van der Waals surface area contributed by atoms with Crippen molar-refractivity contribution in [3.63, 3.8) is 0 Å². The van der Waals surface area contributed by atoms with Gasteiger partial charge in [0.1, 0.15) is 5.82 Å². The van der Waals surface area contributed by atoms with Crippen LogP contribution in [0.5, 0.6) is 0 Å². The normalized spacial score (nSPS) is 21.9. The SMILES string of the molecule is O=C1CC(C(O)c2ccc(F)c(Cl)c2)CN1. The van der Waals surface area contributed by atoms with Gasteiger partial charge in [-0.1, -0.05) is 17.7 Å². The molecule has 3 nitrogen and oxygen atoms in total. The Balaban J connectivity index is 2.17. The van der Waals surface area contributed by atoms with Gasteiger partial charge in [-0.2, -0.15) is 0 Å². The van der Waals surface area contributed by atoms with E-state index in [-0.39, 0.29) is 23.3 Å². The summed E-state index contributed by atoms with van der Waals surface area (Å²) >= 11 is 5.62. The lowest BCUT2D eigenvalue weighted by molar-refractivity contribution is -0.119. The first kappa shape index (κ1) is 11.4. The summed E-state index contributed by atoms with van der Waals surface area (Å²) in [5.41, 5.74) is 0.535. The molecule has 2 rings (SSSR count). The Labute approximate surface area is 97.2 Å². The molecule has 1 aromatic carbocycles. The Morgan fingerprint density at radius 2 is 2.31 bits per heavy atom. The van der Waals surface area contributed by atoms with Gasteiger partial charge < -0.3 is 10.4 Å². The van der Waals surface area contributed by atoms with Crippen LogP contribution in [0.1, 0.15) is 18.1 Å². The Morgan fingerprint density at radius 1 is 1.56 bits per heavy atom. The van der Waals surface area contributed by atoms with Gasteiger partial charge in [0.05, 0.1) is 11.1 Å². The number of hydrogen-bond donors (Lipinski definition) is 2. The number of halogens is 2. The zero-order chi connectivity index (χ0) is 11.7. The number of hydrogen-bond acceptors (Lipinski definition) is 2. The molecule has 2 N–H and O–H groups in total. The molecule has 0 bridgehead atoms. The first-order chi connectivity index (χ1) is 7.58. The van der Waals surface area contributed by atoms with E-state index >= 15 is 0 Å². The van der Waals surface area contributed by atoms with Crippen LogP contribution in [0.3, 0.4) is 0 Å². The number of carbonyl (C=O) groups excluding carboxylic acids is 1. The van der Waals surface area contributed by atoms with Crippen molar-refractivity contribution in [1.82, 2.24) is 5.32 Å². The zero-order valence-corrected chi connectivity index (χ0v) is 9.17. The van der Waals surface area contributed by atoms with E-state index in [0.717, 1.165) is 0 Å². The summed E-state index contributed by atoms with van der Waals surface area (Å²) in [5.74, 6) is -0.760. The van der Waals surface area contributed by atoms with Crippen molar-refractivity contribution in [2.75, 3.05) is 6.54 Å². The number of benzene rings is 1. The van der Waals surface area contributed by atoms with E-state index in [4.69, 9.17) is 11.6 Å². The average molecular weight is 244 g/mol. The van der Waals surface area contributed by atoms with E-state index < -0.39 is 11.9 Å². The van der Waals surface area contributed by atoms with Gasteiger partial charge in [-0.25, -0.2) is 4.39 Å². The van der Waals surface area contributed by atoms with Crippen LogP contribution in [0.25, 0.3) is 0 Å². The summed E-state index contributed by atoms with van der Waals surface area (Å²) < 4.78 is 12.9. The summed E-state index contributed by atoms with van der Waals surface area (Å²) in [5, 5.41) is 12.6. The molecule has 0 spiro atoms. The Kier molecular flexibility index (Phi) is 3.12. The molecule has 0 radical (unpaired) electrons. The third-order valence-corrected chi connectivity index (χ3v) is 3.03. The van der Waals surface area contributed by atoms with Crippen molar-refractivity contribution in [2.24, 2.45) is 5.92 Å². The summed E-state index contributed by atoms with van der Waals surface area (Å²) in [7, 11) is 0. The van der Waals surface area contributed by atoms with E-state index in [0.29, 0.717) is 12.1 Å². The molecule has 1 aromatic rings. The first-order valence-corrected chi connectivity index (χ1v) is 5.35. The molecule has 1 saturated heterocycles. The van der Waals surface area contributed by atoms with Crippen molar-refractivity contribution in [3.05, 3.63) is 34.6 Å². The lowest BCUT2D eigenvalue weighted by Gasteiger charge is -2.16. The quantitative estimate of drug-likeness (QED) is 0.830. The maximum atomic E-state index is 12.9. The molecular weight excluding hydrogens is 233 g/mol. The van der Waals surface area contributed by atoms with Crippen molar-refractivity contribution in [2.45, 2.75) is 12.5 Å². The van der Waals surface area contributed by atoms with E-state index in [1.54, 1.807) is 0 Å². The summed E-state index contributed by atoms with van der Waals surface area (Å²) in [4.78, 5) is 11.0. The van der Waals surface area contributed by atoms with Crippen LogP contribution < -0.4 is 5.32 Å². The van der Waals surface area contributed by atoms with Crippen LogP contribution >= 0.6 is 11.6 Å². The van der Waals surface area contributed by atoms with Crippen LogP contribution in [0, 0.1) is 11.7 Å². The van der Waals surface area contributed by atoms with E-state index in [1.165, 1.54) is 18.2 Å². The fraction of sp³-hybridized carbons (Fsp3) is 0.364. The average Bonchev–Trinajstić information content (AvgIpc) is 2.68. The number of amides is 1. The Morgan fingerprint density at radius 3 is 2.88 bits per heavy atom. The highest BCUT2D eigenvalue weighted by molar-refractivity contribution is 6.30. The van der Waals surface area contributed by atoms with Crippen LogP contribution in [-0.2, 0) is 4.79 Å². The number of aliphatic hydroxyl groups excluding tert-OH is 1. The van der Waals surface area contributed by atoms with E-state index in [9.17, 15) is 14.3 Å². The molecule has 0 aromatic heterocycles. The predicted molar refractivity (Wildman–Crippen MR) is 57.5 cm³/mol. The fourth-order valence-electron chi connectivity index (χ4n) is 1.82.